The van der Waals surface area contributed by atoms with Crippen molar-refractivity contribution in [2.24, 2.45) is 5.92 Å². The van der Waals surface area contributed by atoms with Gasteiger partial charge < -0.3 is 10.2 Å². The fourth-order valence-electron chi connectivity index (χ4n) is 1.70. The van der Waals surface area contributed by atoms with E-state index in [2.05, 4.69) is 44.7 Å². The molecular weight excluding hydrogens is 180 g/mol. The molecule has 0 aromatic carbocycles. The van der Waals surface area contributed by atoms with Crippen LogP contribution in [0.15, 0.2) is 0 Å². The molecule has 0 saturated carbocycles. The Morgan fingerprint density at radius 3 is 3.00 bits per heavy atom. The SMILES string of the molecule is CC(C)C1CN(c2nn[nH]n2)CCN1. The highest BCUT2D eigenvalue weighted by molar-refractivity contribution is 5.27. The minimum atomic E-state index is 0.516. The third-order valence-corrected chi connectivity index (χ3v) is 2.63. The third-order valence-electron chi connectivity index (χ3n) is 2.63. The first-order valence-electron chi connectivity index (χ1n) is 4.99. The molecule has 0 aliphatic carbocycles. The zero-order valence-electron chi connectivity index (χ0n) is 8.56. The summed E-state index contributed by atoms with van der Waals surface area (Å²) < 4.78 is 0. The summed E-state index contributed by atoms with van der Waals surface area (Å²) in [7, 11) is 0. The molecule has 1 aromatic heterocycles. The highest BCUT2D eigenvalue weighted by atomic mass is 15.5. The quantitative estimate of drug-likeness (QED) is 0.675. The van der Waals surface area contributed by atoms with Gasteiger partial charge in [0.05, 0.1) is 0 Å². The van der Waals surface area contributed by atoms with Crippen molar-refractivity contribution < 1.29 is 0 Å². The van der Waals surface area contributed by atoms with Gasteiger partial charge in [-0.3, -0.25) is 0 Å². The topological polar surface area (TPSA) is 69.7 Å². The van der Waals surface area contributed by atoms with E-state index in [0.717, 1.165) is 19.6 Å². The van der Waals surface area contributed by atoms with Gasteiger partial charge in [-0.25, -0.2) is 0 Å². The Kier molecular flexibility index (Phi) is 2.62. The van der Waals surface area contributed by atoms with Crippen LogP contribution in [0.1, 0.15) is 13.8 Å². The van der Waals surface area contributed by atoms with Crippen molar-refractivity contribution in [3.05, 3.63) is 0 Å². The second-order valence-corrected chi connectivity index (χ2v) is 3.96. The van der Waals surface area contributed by atoms with E-state index in [1.165, 1.54) is 0 Å². The van der Waals surface area contributed by atoms with Crippen molar-refractivity contribution in [2.75, 3.05) is 24.5 Å². The molecule has 6 nitrogen and oxygen atoms in total. The number of nitrogens with zero attached hydrogens (tertiary/aromatic N) is 4. The van der Waals surface area contributed by atoms with Crippen LogP contribution in [-0.4, -0.2) is 46.3 Å². The van der Waals surface area contributed by atoms with Crippen LogP contribution < -0.4 is 10.2 Å². The summed E-state index contributed by atoms with van der Waals surface area (Å²) in [4.78, 5) is 2.16. The normalized spacial score (nSPS) is 23.1. The standard InChI is InChI=1S/C8H16N6/c1-6(2)7-5-14(4-3-9-7)8-10-12-13-11-8/h6-7,9H,3-5H2,1-2H3,(H,10,11,12,13). The number of anilines is 1. The lowest BCUT2D eigenvalue weighted by molar-refractivity contribution is 0.366. The highest BCUT2D eigenvalue weighted by Crippen LogP contribution is 2.11. The molecule has 2 rings (SSSR count). The summed E-state index contributed by atoms with van der Waals surface area (Å²) in [5, 5.41) is 17.5. The van der Waals surface area contributed by atoms with Crippen LogP contribution in [0, 0.1) is 5.92 Å². The lowest BCUT2D eigenvalue weighted by Gasteiger charge is -2.34. The number of tetrazole rings is 1. The molecule has 14 heavy (non-hydrogen) atoms. The average Bonchev–Trinajstić information content (AvgIpc) is 2.71. The van der Waals surface area contributed by atoms with Crippen molar-refractivity contribution in [3.63, 3.8) is 0 Å². The van der Waals surface area contributed by atoms with Gasteiger partial charge in [-0.1, -0.05) is 18.9 Å². The summed E-state index contributed by atoms with van der Waals surface area (Å²) in [5.41, 5.74) is 0. The summed E-state index contributed by atoms with van der Waals surface area (Å²) in [5.74, 6) is 1.34. The molecule has 0 radical (unpaired) electrons. The van der Waals surface area contributed by atoms with Gasteiger partial charge in [0.15, 0.2) is 0 Å². The number of rotatable bonds is 2. The molecule has 78 valence electrons. The van der Waals surface area contributed by atoms with E-state index in [1.807, 2.05) is 0 Å². The fraction of sp³-hybridized carbons (Fsp3) is 0.875. The van der Waals surface area contributed by atoms with Gasteiger partial charge in [0, 0.05) is 25.7 Å². The van der Waals surface area contributed by atoms with E-state index < -0.39 is 0 Å². The minimum Gasteiger partial charge on any atom is -0.335 e. The van der Waals surface area contributed by atoms with Crippen LogP contribution in [0.3, 0.4) is 0 Å². The molecule has 1 saturated heterocycles. The Balaban J connectivity index is 2.01. The molecule has 1 fully saturated rings. The van der Waals surface area contributed by atoms with E-state index in [-0.39, 0.29) is 0 Å². The Morgan fingerprint density at radius 2 is 2.36 bits per heavy atom. The Morgan fingerprint density at radius 1 is 1.50 bits per heavy atom. The Labute approximate surface area is 83.1 Å². The van der Waals surface area contributed by atoms with E-state index in [1.54, 1.807) is 0 Å². The predicted octanol–water partition coefficient (Wildman–Crippen LogP) is -0.366. The van der Waals surface area contributed by atoms with Crippen LogP contribution in [0.2, 0.25) is 0 Å². The molecule has 1 aromatic rings. The average molecular weight is 196 g/mol. The van der Waals surface area contributed by atoms with Crippen LogP contribution in [0.25, 0.3) is 0 Å². The minimum absolute atomic E-state index is 0.516. The van der Waals surface area contributed by atoms with Crippen molar-refractivity contribution in [1.82, 2.24) is 25.9 Å². The van der Waals surface area contributed by atoms with Crippen molar-refractivity contribution in [2.45, 2.75) is 19.9 Å². The Bertz CT molecular complexity index is 269. The van der Waals surface area contributed by atoms with E-state index in [9.17, 15) is 0 Å². The van der Waals surface area contributed by atoms with E-state index in [4.69, 9.17) is 0 Å². The van der Waals surface area contributed by atoms with Crippen molar-refractivity contribution in [1.29, 1.82) is 0 Å². The lowest BCUT2D eigenvalue weighted by atomic mass is 10.0. The third kappa shape index (κ3) is 1.84. The number of aromatic nitrogens is 4. The maximum atomic E-state index is 3.98. The van der Waals surface area contributed by atoms with Gasteiger partial charge in [-0.15, -0.1) is 5.10 Å². The molecular formula is C8H16N6. The Hall–Kier alpha value is -1.17. The molecule has 2 heterocycles. The van der Waals surface area contributed by atoms with Gasteiger partial charge in [-0.05, 0) is 11.1 Å². The predicted molar refractivity (Wildman–Crippen MR) is 53.0 cm³/mol. The van der Waals surface area contributed by atoms with Crippen molar-refractivity contribution in [3.8, 4) is 0 Å². The molecule has 1 aliphatic rings. The fourth-order valence-corrected chi connectivity index (χ4v) is 1.70. The van der Waals surface area contributed by atoms with Crippen LogP contribution >= 0.6 is 0 Å². The first-order valence-corrected chi connectivity index (χ1v) is 4.99. The van der Waals surface area contributed by atoms with Crippen LogP contribution in [0.5, 0.6) is 0 Å². The number of nitrogens with one attached hydrogen (secondary N) is 2. The monoisotopic (exact) mass is 196 g/mol. The smallest absolute Gasteiger partial charge is 0.265 e. The molecule has 6 heteroatoms. The highest BCUT2D eigenvalue weighted by Gasteiger charge is 2.23. The first-order chi connectivity index (χ1) is 6.77. The summed E-state index contributed by atoms with van der Waals surface area (Å²) in [6.45, 7) is 7.33. The van der Waals surface area contributed by atoms with Crippen LogP contribution in [-0.2, 0) is 0 Å². The molecule has 1 aliphatic heterocycles. The van der Waals surface area contributed by atoms with Gasteiger partial charge >= 0.3 is 0 Å². The number of hydrogen-bond acceptors (Lipinski definition) is 5. The van der Waals surface area contributed by atoms with Gasteiger partial charge in [-0.2, -0.15) is 5.21 Å². The maximum Gasteiger partial charge on any atom is 0.265 e. The van der Waals surface area contributed by atoms with E-state index in [0.29, 0.717) is 17.9 Å². The second kappa shape index (κ2) is 3.91. The summed E-state index contributed by atoms with van der Waals surface area (Å²) in [6, 6.07) is 0.516. The first kappa shape index (κ1) is 9.39. The number of piperazine rings is 1. The number of hydrogen-bond donors (Lipinski definition) is 2. The van der Waals surface area contributed by atoms with Gasteiger partial charge in [0.1, 0.15) is 0 Å². The molecule has 1 unspecified atom stereocenters. The molecule has 1 atom stereocenters. The van der Waals surface area contributed by atoms with Crippen LogP contribution in [0.4, 0.5) is 5.95 Å². The molecule has 2 N–H and O–H groups in total. The second-order valence-electron chi connectivity index (χ2n) is 3.96. The molecule has 0 spiro atoms. The summed E-state index contributed by atoms with van der Waals surface area (Å²) >= 11 is 0. The lowest BCUT2D eigenvalue weighted by Crippen LogP contribution is -2.53. The van der Waals surface area contributed by atoms with E-state index >= 15 is 0 Å². The zero-order valence-corrected chi connectivity index (χ0v) is 8.56. The van der Waals surface area contributed by atoms with Crippen molar-refractivity contribution >= 4 is 5.95 Å². The largest absolute Gasteiger partial charge is 0.335 e. The number of aromatic amines is 1. The number of H-pyrrole nitrogens is 1. The summed E-state index contributed by atoms with van der Waals surface area (Å²) in [6.07, 6.45) is 0. The zero-order chi connectivity index (χ0) is 9.97. The van der Waals surface area contributed by atoms with Gasteiger partial charge in [0.25, 0.3) is 5.95 Å². The van der Waals surface area contributed by atoms with Gasteiger partial charge in [0.2, 0.25) is 0 Å². The molecule has 0 bridgehead atoms. The maximum absolute atomic E-state index is 3.98. The molecule has 0 amide bonds.